The summed E-state index contributed by atoms with van der Waals surface area (Å²) in [7, 11) is -2.89. The van der Waals surface area contributed by atoms with Crippen molar-refractivity contribution in [3.63, 3.8) is 0 Å². The summed E-state index contributed by atoms with van der Waals surface area (Å²) in [6.07, 6.45) is -0.477. The molecule has 2 aromatic rings. The average molecular weight is 684 g/mol. The Morgan fingerprint density at radius 1 is 1.07 bits per heavy atom. The number of hydrogen-bond acceptors (Lipinski definition) is 8. The Morgan fingerprint density at radius 3 is 2.31 bits per heavy atom. The highest BCUT2D eigenvalue weighted by molar-refractivity contribution is 7.89. The van der Waals surface area contributed by atoms with Gasteiger partial charge < -0.3 is 20.7 Å². The molecule has 45 heavy (non-hydrogen) atoms. The van der Waals surface area contributed by atoms with Crippen LogP contribution in [0.4, 0.5) is 4.79 Å². The van der Waals surface area contributed by atoms with Gasteiger partial charge in [-0.3, -0.25) is 24.3 Å². The van der Waals surface area contributed by atoms with E-state index in [-0.39, 0.29) is 21.5 Å². The van der Waals surface area contributed by atoms with Crippen LogP contribution < -0.4 is 11.1 Å². The first kappa shape index (κ1) is 35.8. The minimum atomic E-state index is -4.43. The summed E-state index contributed by atoms with van der Waals surface area (Å²) in [5.41, 5.74) is 6.39. The zero-order chi connectivity index (χ0) is 33.7. The van der Waals surface area contributed by atoms with Gasteiger partial charge in [0.25, 0.3) is 0 Å². The number of sulfonamides is 1. The van der Waals surface area contributed by atoms with Crippen LogP contribution in [0, 0.1) is 6.92 Å². The molecular formula is C29H36Cl2N6O7S. The number of amidine groups is 1. The lowest BCUT2D eigenvalue weighted by Gasteiger charge is -2.25. The smallest absolute Gasteiger partial charge is 0.416 e. The maximum Gasteiger partial charge on any atom is 0.416 e. The van der Waals surface area contributed by atoms with E-state index in [9.17, 15) is 27.6 Å². The molecule has 4 amide bonds. The maximum absolute atomic E-state index is 13.3. The van der Waals surface area contributed by atoms with Crippen molar-refractivity contribution in [1.29, 1.82) is 0 Å². The van der Waals surface area contributed by atoms with Crippen molar-refractivity contribution in [2.24, 2.45) is 10.7 Å². The molecule has 3 N–H and O–H groups in total. The van der Waals surface area contributed by atoms with Crippen LogP contribution in [0.25, 0.3) is 0 Å². The Labute approximate surface area is 272 Å². The number of benzene rings is 2. The molecule has 3 rings (SSSR count). The van der Waals surface area contributed by atoms with E-state index in [2.05, 4.69) is 10.3 Å². The molecule has 16 heteroatoms. The normalized spacial score (nSPS) is 13.4. The Hall–Kier alpha value is -3.72. The van der Waals surface area contributed by atoms with E-state index in [0.29, 0.717) is 34.4 Å². The molecule has 2 aromatic carbocycles. The van der Waals surface area contributed by atoms with Crippen LogP contribution in [-0.2, 0) is 35.7 Å². The lowest BCUT2D eigenvalue weighted by molar-refractivity contribution is -0.132. The number of rotatable bonds is 11. The fraction of sp³-hybridized carbons (Fsp3) is 0.414. The molecule has 0 aliphatic carbocycles. The molecule has 0 saturated carbocycles. The second kappa shape index (κ2) is 14.6. The zero-order valence-corrected chi connectivity index (χ0v) is 27.9. The summed E-state index contributed by atoms with van der Waals surface area (Å²) >= 11 is 12.2. The summed E-state index contributed by atoms with van der Waals surface area (Å²) < 4.78 is 32.6. The van der Waals surface area contributed by atoms with E-state index in [1.165, 1.54) is 28.9 Å². The van der Waals surface area contributed by atoms with Gasteiger partial charge in [0.15, 0.2) is 0 Å². The first-order valence-electron chi connectivity index (χ1n) is 13.8. The number of carbonyl (C=O) groups excluding carboxylic acids is 4. The Bertz CT molecular complexity index is 1610. The van der Waals surface area contributed by atoms with E-state index in [4.69, 9.17) is 33.7 Å². The van der Waals surface area contributed by atoms with Crippen LogP contribution in [0.15, 0.2) is 46.3 Å². The molecule has 0 aromatic heterocycles. The number of halogens is 2. The van der Waals surface area contributed by atoms with Crippen LogP contribution in [0.2, 0.25) is 10.0 Å². The van der Waals surface area contributed by atoms with Crippen LogP contribution in [0.1, 0.15) is 37.5 Å². The van der Waals surface area contributed by atoms with Crippen molar-refractivity contribution in [2.75, 3.05) is 39.8 Å². The van der Waals surface area contributed by atoms with E-state index < -0.39 is 59.1 Å². The minimum Gasteiger partial charge on any atom is -0.443 e. The molecule has 0 bridgehead atoms. The molecule has 0 radical (unpaired) electrons. The predicted molar refractivity (Wildman–Crippen MR) is 169 cm³/mol. The number of nitrogens with two attached hydrogens (primary N) is 1. The molecular weight excluding hydrogens is 647 g/mol. The first-order chi connectivity index (χ1) is 20.9. The fourth-order valence-electron chi connectivity index (χ4n) is 4.21. The van der Waals surface area contributed by atoms with Crippen molar-refractivity contribution < 1.29 is 32.3 Å². The quantitative estimate of drug-likeness (QED) is 0.367. The molecule has 1 heterocycles. The predicted octanol–water partition coefficient (Wildman–Crippen LogP) is 2.55. The third kappa shape index (κ3) is 9.39. The molecule has 1 aliphatic rings. The SMILES string of the molecule is Cc1c(Cl)ccc(S(=O)(=O)N(CC(N)=O)CC(=O)NCC(=O)N(C)Cc2ccc(C3=NCCN3C(=O)OC(C)(C)C)cc2)c1Cl. The van der Waals surface area contributed by atoms with Crippen LogP contribution in [0.5, 0.6) is 0 Å². The standard InChI is InChI=1S/C29H36Cl2N6O7S/c1-18-21(30)10-11-22(26(18)31)45(42,43)36(16-23(32)38)17-24(39)34-14-25(40)35(5)15-19-6-8-20(9-7-19)27-33-12-13-37(27)28(41)44-29(2,3)4/h6-11H,12-17H2,1-5H3,(H2,32,38)(H,34,39). The van der Waals surface area contributed by atoms with Crippen molar-refractivity contribution in [1.82, 2.24) is 19.4 Å². The highest BCUT2D eigenvalue weighted by Crippen LogP contribution is 2.32. The van der Waals surface area contributed by atoms with Crippen molar-refractivity contribution in [3.8, 4) is 0 Å². The van der Waals surface area contributed by atoms with Crippen molar-refractivity contribution in [2.45, 2.75) is 44.7 Å². The van der Waals surface area contributed by atoms with E-state index in [0.717, 1.165) is 5.56 Å². The van der Waals surface area contributed by atoms with Gasteiger partial charge in [0.1, 0.15) is 16.3 Å². The van der Waals surface area contributed by atoms with E-state index >= 15 is 0 Å². The van der Waals surface area contributed by atoms with Gasteiger partial charge in [-0.25, -0.2) is 13.2 Å². The number of nitrogens with one attached hydrogen (secondary N) is 1. The van der Waals surface area contributed by atoms with Gasteiger partial charge in [0.2, 0.25) is 27.7 Å². The lowest BCUT2D eigenvalue weighted by Crippen LogP contribution is -2.46. The van der Waals surface area contributed by atoms with Gasteiger partial charge in [-0.15, -0.1) is 0 Å². The summed E-state index contributed by atoms with van der Waals surface area (Å²) in [6.45, 7) is 5.96. The van der Waals surface area contributed by atoms with Gasteiger partial charge in [-0.1, -0.05) is 47.5 Å². The van der Waals surface area contributed by atoms with Gasteiger partial charge in [-0.2, -0.15) is 4.31 Å². The number of carbonyl (C=O) groups is 4. The van der Waals surface area contributed by atoms with Gasteiger partial charge >= 0.3 is 6.09 Å². The highest BCUT2D eigenvalue weighted by Gasteiger charge is 2.32. The van der Waals surface area contributed by atoms with Crippen LogP contribution in [-0.4, -0.2) is 97.5 Å². The Balaban J connectivity index is 1.59. The number of ether oxygens (including phenoxy) is 1. The second-order valence-corrected chi connectivity index (χ2v) is 14.0. The molecule has 0 unspecified atom stereocenters. The molecule has 0 fully saturated rings. The molecule has 13 nitrogen and oxygen atoms in total. The van der Waals surface area contributed by atoms with Crippen LogP contribution >= 0.6 is 23.2 Å². The van der Waals surface area contributed by atoms with Gasteiger partial charge in [0.05, 0.1) is 37.7 Å². The number of amides is 4. The first-order valence-corrected chi connectivity index (χ1v) is 16.0. The Kier molecular flexibility index (Phi) is 11.6. The fourth-order valence-corrected chi connectivity index (χ4v) is 6.36. The Morgan fingerprint density at radius 2 is 1.71 bits per heavy atom. The number of primary amides is 1. The molecule has 1 aliphatic heterocycles. The lowest BCUT2D eigenvalue weighted by atomic mass is 10.1. The number of hydrogen-bond donors (Lipinski definition) is 2. The zero-order valence-electron chi connectivity index (χ0n) is 25.6. The van der Waals surface area contributed by atoms with Crippen LogP contribution in [0.3, 0.4) is 0 Å². The number of likely N-dealkylation sites (N-methyl/N-ethyl adjacent to an activating group) is 1. The molecule has 0 saturated heterocycles. The van der Waals surface area contributed by atoms with Crippen molar-refractivity contribution >= 4 is 62.9 Å². The average Bonchev–Trinajstić information content (AvgIpc) is 3.44. The number of aliphatic imine (C=N–C) groups is 1. The maximum atomic E-state index is 13.3. The molecule has 0 atom stereocenters. The van der Waals surface area contributed by atoms with Gasteiger partial charge in [-0.05, 0) is 51.0 Å². The van der Waals surface area contributed by atoms with E-state index in [1.807, 2.05) is 0 Å². The third-order valence-electron chi connectivity index (χ3n) is 6.50. The largest absolute Gasteiger partial charge is 0.443 e. The van der Waals surface area contributed by atoms with Gasteiger partial charge in [0, 0.05) is 24.2 Å². The molecule has 244 valence electrons. The number of nitrogens with zero attached hydrogens (tertiary/aromatic N) is 4. The summed E-state index contributed by atoms with van der Waals surface area (Å²) in [5.74, 6) is -1.78. The summed E-state index contributed by atoms with van der Waals surface area (Å²) in [4.78, 5) is 56.6. The topological polar surface area (TPSA) is 172 Å². The van der Waals surface area contributed by atoms with Crippen molar-refractivity contribution in [3.05, 3.63) is 63.1 Å². The second-order valence-electron chi connectivity index (χ2n) is 11.3. The molecule has 0 spiro atoms. The van der Waals surface area contributed by atoms with E-state index in [1.54, 1.807) is 52.1 Å². The highest BCUT2D eigenvalue weighted by atomic mass is 35.5. The third-order valence-corrected chi connectivity index (χ3v) is 9.35. The minimum absolute atomic E-state index is 0.154. The summed E-state index contributed by atoms with van der Waals surface area (Å²) in [6, 6.07) is 9.67. The monoisotopic (exact) mass is 682 g/mol. The summed E-state index contributed by atoms with van der Waals surface area (Å²) in [5, 5.41) is 2.47.